The zero-order chi connectivity index (χ0) is 10.3. The van der Waals surface area contributed by atoms with Gasteiger partial charge in [0.15, 0.2) is 6.29 Å². The Kier molecular flexibility index (Phi) is 6.48. The highest BCUT2D eigenvalue weighted by Gasteiger charge is 2.27. The fourth-order valence-electron chi connectivity index (χ4n) is 0.791. The van der Waals surface area contributed by atoms with Gasteiger partial charge in [0.05, 0.1) is 7.11 Å². The molecule has 0 aromatic carbocycles. The molecule has 0 fully saturated rings. The molecule has 5 nitrogen and oxygen atoms in total. The van der Waals surface area contributed by atoms with Crippen LogP contribution in [0.2, 0.25) is 0 Å². The molecule has 1 unspecified atom stereocenters. The number of hydrogen-bond donors (Lipinski definition) is 1. The van der Waals surface area contributed by atoms with Gasteiger partial charge in [0.25, 0.3) is 0 Å². The summed E-state index contributed by atoms with van der Waals surface area (Å²) in [7, 11) is 1.19. The van der Waals surface area contributed by atoms with Crippen molar-refractivity contribution in [1.29, 1.82) is 0 Å². The average molecular weight is 192 g/mol. The second-order valence-corrected chi connectivity index (χ2v) is 2.25. The fraction of sp³-hybridized carbons (Fsp3) is 0.875. The minimum absolute atomic E-state index is 0.360. The lowest BCUT2D eigenvalue weighted by Gasteiger charge is -2.20. The van der Waals surface area contributed by atoms with Gasteiger partial charge in [-0.15, -0.1) is 0 Å². The van der Waals surface area contributed by atoms with Gasteiger partial charge in [-0.05, 0) is 13.8 Å². The molecule has 1 N–H and O–H groups in total. The Balaban J connectivity index is 4.08. The molecular formula is C8H16O5. The lowest BCUT2D eigenvalue weighted by molar-refractivity contribution is -0.204. The van der Waals surface area contributed by atoms with Gasteiger partial charge in [-0.2, -0.15) is 0 Å². The predicted octanol–water partition coefficient (Wildman–Crippen LogP) is -0.0806. The summed E-state index contributed by atoms with van der Waals surface area (Å²) in [5, 5.41) is 9.32. The minimum atomic E-state index is -1.38. The monoisotopic (exact) mass is 192 g/mol. The van der Waals surface area contributed by atoms with E-state index in [0.29, 0.717) is 13.2 Å². The van der Waals surface area contributed by atoms with Crippen LogP contribution in [0.1, 0.15) is 13.8 Å². The summed E-state index contributed by atoms with van der Waals surface area (Å²) in [6, 6.07) is 0. The van der Waals surface area contributed by atoms with E-state index in [1.807, 2.05) is 0 Å². The summed E-state index contributed by atoms with van der Waals surface area (Å²) in [6.45, 7) is 4.21. The second kappa shape index (κ2) is 6.82. The third-order valence-corrected chi connectivity index (χ3v) is 1.36. The van der Waals surface area contributed by atoms with E-state index in [2.05, 4.69) is 4.74 Å². The molecule has 0 bridgehead atoms. The van der Waals surface area contributed by atoms with Crippen LogP contribution in [-0.2, 0) is 19.0 Å². The summed E-state index contributed by atoms with van der Waals surface area (Å²) in [4.78, 5) is 10.9. The van der Waals surface area contributed by atoms with Crippen LogP contribution in [0.25, 0.3) is 0 Å². The molecule has 1 atom stereocenters. The molecule has 0 heterocycles. The van der Waals surface area contributed by atoms with Crippen molar-refractivity contribution < 1.29 is 24.1 Å². The number of rotatable bonds is 6. The number of carbonyl (C=O) groups is 1. The van der Waals surface area contributed by atoms with Gasteiger partial charge in [-0.1, -0.05) is 0 Å². The first-order chi connectivity index (χ1) is 6.17. The Hall–Kier alpha value is -0.650. The van der Waals surface area contributed by atoms with Gasteiger partial charge in [0.1, 0.15) is 0 Å². The summed E-state index contributed by atoms with van der Waals surface area (Å²) in [5.74, 6) is -0.758. The summed E-state index contributed by atoms with van der Waals surface area (Å²) in [6.07, 6.45) is -2.33. The number of ether oxygens (including phenoxy) is 3. The maximum absolute atomic E-state index is 10.9. The van der Waals surface area contributed by atoms with Crippen molar-refractivity contribution in [2.45, 2.75) is 26.2 Å². The smallest absolute Gasteiger partial charge is 0.340 e. The number of aliphatic hydroxyl groups is 1. The summed E-state index contributed by atoms with van der Waals surface area (Å²) < 4.78 is 14.3. The van der Waals surface area contributed by atoms with Crippen LogP contribution >= 0.6 is 0 Å². The number of carbonyl (C=O) groups excluding carboxylic acids is 1. The highest BCUT2D eigenvalue weighted by atomic mass is 16.7. The van der Waals surface area contributed by atoms with Gasteiger partial charge in [0.2, 0.25) is 6.10 Å². The molecule has 0 aromatic heterocycles. The third-order valence-electron chi connectivity index (χ3n) is 1.36. The van der Waals surface area contributed by atoms with Crippen LogP contribution in [0.5, 0.6) is 0 Å². The summed E-state index contributed by atoms with van der Waals surface area (Å²) in [5.41, 5.74) is 0. The maximum atomic E-state index is 10.9. The first-order valence-electron chi connectivity index (χ1n) is 4.16. The van der Waals surface area contributed by atoms with Gasteiger partial charge >= 0.3 is 5.97 Å². The van der Waals surface area contributed by atoms with Crippen molar-refractivity contribution in [3.63, 3.8) is 0 Å². The van der Waals surface area contributed by atoms with E-state index in [0.717, 1.165) is 0 Å². The number of esters is 1. The molecule has 13 heavy (non-hydrogen) atoms. The van der Waals surface area contributed by atoms with E-state index in [1.165, 1.54) is 7.11 Å². The Bertz CT molecular complexity index is 141. The van der Waals surface area contributed by atoms with Crippen LogP contribution < -0.4 is 0 Å². The van der Waals surface area contributed by atoms with Gasteiger partial charge in [-0.25, -0.2) is 4.79 Å². The van der Waals surface area contributed by atoms with E-state index in [-0.39, 0.29) is 0 Å². The average Bonchev–Trinajstić information content (AvgIpc) is 2.15. The third kappa shape index (κ3) is 4.21. The maximum Gasteiger partial charge on any atom is 0.340 e. The number of hydrogen-bond acceptors (Lipinski definition) is 5. The Morgan fingerprint density at radius 1 is 1.31 bits per heavy atom. The fourth-order valence-corrected chi connectivity index (χ4v) is 0.791. The Labute approximate surface area is 77.6 Å². The van der Waals surface area contributed by atoms with Crippen molar-refractivity contribution in [2.75, 3.05) is 20.3 Å². The minimum Gasteiger partial charge on any atom is -0.467 e. The highest BCUT2D eigenvalue weighted by Crippen LogP contribution is 2.03. The standard InChI is InChI=1S/C8H16O5/c1-4-12-8(13-5-2)6(9)7(10)11-3/h6,8-9H,4-5H2,1-3H3. The lowest BCUT2D eigenvalue weighted by Crippen LogP contribution is -2.38. The van der Waals surface area contributed by atoms with Crippen molar-refractivity contribution in [2.24, 2.45) is 0 Å². The van der Waals surface area contributed by atoms with Gasteiger partial charge < -0.3 is 19.3 Å². The number of aliphatic hydroxyl groups excluding tert-OH is 1. The molecule has 0 aliphatic rings. The normalized spacial score (nSPS) is 13.0. The molecule has 0 aliphatic carbocycles. The highest BCUT2D eigenvalue weighted by molar-refractivity contribution is 5.74. The van der Waals surface area contributed by atoms with E-state index in [1.54, 1.807) is 13.8 Å². The molecule has 78 valence electrons. The molecule has 0 spiro atoms. The number of methoxy groups -OCH3 is 1. The molecule has 0 saturated carbocycles. The second-order valence-electron chi connectivity index (χ2n) is 2.25. The lowest BCUT2D eigenvalue weighted by atomic mass is 10.3. The van der Waals surface area contributed by atoms with E-state index in [9.17, 15) is 9.90 Å². The molecule has 0 rings (SSSR count). The van der Waals surface area contributed by atoms with Crippen molar-refractivity contribution in [3.05, 3.63) is 0 Å². The predicted molar refractivity (Wildman–Crippen MR) is 45.1 cm³/mol. The Morgan fingerprint density at radius 2 is 1.77 bits per heavy atom. The Morgan fingerprint density at radius 3 is 2.08 bits per heavy atom. The molecule has 0 radical (unpaired) electrons. The van der Waals surface area contributed by atoms with Crippen molar-refractivity contribution in [3.8, 4) is 0 Å². The largest absolute Gasteiger partial charge is 0.467 e. The van der Waals surface area contributed by atoms with E-state index < -0.39 is 18.4 Å². The topological polar surface area (TPSA) is 65.0 Å². The molecular weight excluding hydrogens is 176 g/mol. The quantitative estimate of drug-likeness (QED) is 0.471. The van der Waals surface area contributed by atoms with Gasteiger partial charge in [0, 0.05) is 13.2 Å². The van der Waals surface area contributed by atoms with E-state index in [4.69, 9.17) is 9.47 Å². The van der Waals surface area contributed by atoms with Gasteiger partial charge in [-0.3, -0.25) is 0 Å². The first kappa shape index (κ1) is 12.3. The van der Waals surface area contributed by atoms with Crippen LogP contribution in [0.4, 0.5) is 0 Å². The first-order valence-corrected chi connectivity index (χ1v) is 4.16. The molecule has 0 amide bonds. The SMILES string of the molecule is CCOC(OCC)C(O)C(=O)OC. The van der Waals surface area contributed by atoms with Crippen LogP contribution in [0.3, 0.4) is 0 Å². The van der Waals surface area contributed by atoms with Crippen molar-refractivity contribution in [1.82, 2.24) is 0 Å². The molecule has 5 heteroatoms. The zero-order valence-corrected chi connectivity index (χ0v) is 8.15. The van der Waals surface area contributed by atoms with Crippen molar-refractivity contribution >= 4 is 5.97 Å². The van der Waals surface area contributed by atoms with Crippen LogP contribution in [-0.4, -0.2) is 43.8 Å². The zero-order valence-electron chi connectivity index (χ0n) is 8.15. The molecule has 0 saturated heterocycles. The van der Waals surface area contributed by atoms with E-state index >= 15 is 0 Å². The van der Waals surface area contributed by atoms with Crippen LogP contribution in [0, 0.1) is 0 Å². The van der Waals surface area contributed by atoms with Crippen LogP contribution in [0.15, 0.2) is 0 Å². The summed E-state index contributed by atoms with van der Waals surface area (Å²) >= 11 is 0. The molecule has 0 aromatic rings. The molecule has 0 aliphatic heterocycles.